The highest BCUT2D eigenvalue weighted by Crippen LogP contribution is 2.31. The lowest BCUT2D eigenvalue weighted by molar-refractivity contribution is -0.154. The van der Waals surface area contributed by atoms with Gasteiger partial charge in [-0.15, -0.1) is 0 Å². The Labute approximate surface area is 350 Å². The lowest BCUT2D eigenvalue weighted by Crippen LogP contribution is -2.46. The van der Waals surface area contributed by atoms with Gasteiger partial charge in [0, 0.05) is 51.6 Å². The molecule has 0 aliphatic carbocycles. The summed E-state index contributed by atoms with van der Waals surface area (Å²) >= 11 is 0. The molecule has 19 nitrogen and oxygen atoms in total. The van der Waals surface area contributed by atoms with Crippen molar-refractivity contribution in [1.82, 2.24) is 20.6 Å². The number of rotatable bonds is 12. The largest absolute Gasteiger partial charge is 0.493 e. The van der Waals surface area contributed by atoms with Gasteiger partial charge in [-0.3, -0.25) is 19.2 Å². The summed E-state index contributed by atoms with van der Waals surface area (Å²) in [4.78, 5) is 81.0. The van der Waals surface area contributed by atoms with Crippen molar-refractivity contribution in [2.24, 2.45) is 11.8 Å². The van der Waals surface area contributed by atoms with Crippen LogP contribution in [0, 0.1) is 11.8 Å². The van der Waals surface area contributed by atoms with Gasteiger partial charge in [-0.1, -0.05) is 27.7 Å². The summed E-state index contributed by atoms with van der Waals surface area (Å²) in [6.45, 7) is 14.6. The van der Waals surface area contributed by atoms with E-state index in [1.807, 2.05) is 41.5 Å². The molecule has 2 amide bonds. The van der Waals surface area contributed by atoms with Gasteiger partial charge in [0.15, 0.2) is 40.7 Å². The predicted octanol–water partition coefficient (Wildman–Crippen LogP) is 3.98. The fraction of sp³-hybridized carbons (Fsp3) is 0.610. The molecule has 4 rings (SSSR count). The van der Waals surface area contributed by atoms with Gasteiger partial charge in [-0.2, -0.15) is 0 Å². The highest BCUT2D eigenvalue weighted by molar-refractivity contribution is 5.99. The average molecular weight is 849 g/mol. The minimum atomic E-state index is -1.01. The summed E-state index contributed by atoms with van der Waals surface area (Å²) in [5.74, 6) is -3.12. The number of nitrogens with zero attached hydrogens (tertiary/aromatic N) is 2. The van der Waals surface area contributed by atoms with Crippen molar-refractivity contribution in [3.63, 3.8) is 0 Å². The van der Waals surface area contributed by atoms with Gasteiger partial charge in [0.2, 0.25) is 12.5 Å². The van der Waals surface area contributed by atoms with Gasteiger partial charge in [-0.25, -0.2) is 19.6 Å². The number of carbonyl (C=O) groups is 6. The number of nitrogens with one attached hydrogen (secondary N) is 2. The summed E-state index contributed by atoms with van der Waals surface area (Å²) in [5.41, 5.74) is -0.310. The molecule has 2 aromatic heterocycles. The normalized spacial score (nSPS) is 21.8. The molecule has 2 unspecified atom stereocenters. The van der Waals surface area contributed by atoms with Crippen LogP contribution in [-0.4, -0.2) is 117 Å². The van der Waals surface area contributed by atoms with Crippen LogP contribution in [-0.2, 0) is 42.9 Å². The van der Waals surface area contributed by atoms with Gasteiger partial charge in [-0.05, 0) is 51.4 Å². The molecule has 0 saturated carbocycles. The molecular formula is C41H60N4O15. The summed E-state index contributed by atoms with van der Waals surface area (Å²) < 4.78 is 47.7. The molecule has 6 atom stereocenters. The molecule has 2 aliphatic rings. The Balaban J connectivity index is 0.000000398. The zero-order valence-electron chi connectivity index (χ0n) is 36.2. The van der Waals surface area contributed by atoms with Crippen molar-refractivity contribution in [2.75, 3.05) is 47.4 Å². The van der Waals surface area contributed by atoms with E-state index in [0.29, 0.717) is 13.2 Å². The third-order valence-electron chi connectivity index (χ3n) is 9.31. The molecule has 2 saturated heterocycles. The van der Waals surface area contributed by atoms with Crippen molar-refractivity contribution < 1.29 is 71.4 Å². The monoisotopic (exact) mass is 848 g/mol. The molecule has 0 radical (unpaired) electrons. The lowest BCUT2D eigenvalue weighted by Gasteiger charge is -2.23. The number of pyridine rings is 2. The van der Waals surface area contributed by atoms with Crippen LogP contribution < -0.4 is 29.6 Å². The lowest BCUT2D eigenvalue weighted by atomic mass is 9.97. The Bertz CT molecular complexity index is 1720. The van der Waals surface area contributed by atoms with Crippen LogP contribution >= 0.6 is 0 Å². The maximum atomic E-state index is 12.9. The zero-order valence-corrected chi connectivity index (χ0v) is 36.2. The summed E-state index contributed by atoms with van der Waals surface area (Å²) in [5, 5.41) is 5.13. The number of hydrogen-bond acceptors (Lipinski definition) is 17. The summed E-state index contributed by atoms with van der Waals surface area (Å²) in [6, 6.07) is 0.927. The molecule has 0 aromatic carbocycles. The minimum absolute atomic E-state index is 0.0180. The number of carbonyl (C=O) groups excluding carboxylic acids is 6. The first-order valence-electron chi connectivity index (χ1n) is 19.9. The molecule has 60 heavy (non-hydrogen) atoms. The first kappa shape index (κ1) is 50.6. The molecule has 2 aliphatic heterocycles. The first-order chi connectivity index (χ1) is 28.7. The molecular weight excluding hydrogens is 788 g/mol. The van der Waals surface area contributed by atoms with E-state index in [9.17, 15) is 28.8 Å². The number of cyclic esters (lactones) is 2. The predicted molar refractivity (Wildman–Crippen MR) is 214 cm³/mol. The van der Waals surface area contributed by atoms with Crippen LogP contribution in [0.4, 0.5) is 0 Å². The van der Waals surface area contributed by atoms with Gasteiger partial charge in [0.1, 0.15) is 12.2 Å². The van der Waals surface area contributed by atoms with Crippen LogP contribution in [0.3, 0.4) is 0 Å². The Morgan fingerprint density at radius 3 is 1.55 bits per heavy atom. The Kier molecular flexibility index (Phi) is 22.4. The van der Waals surface area contributed by atoms with Crippen LogP contribution in [0.5, 0.6) is 23.0 Å². The molecule has 0 bridgehead atoms. The smallest absolute Gasteiger partial charge is 0.331 e. The molecule has 334 valence electrons. The fourth-order valence-electron chi connectivity index (χ4n) is 5.99. The van der Waals surface area contributed by atoms with E-state index >= 15 is 0 Å². The second kappa shape index (κ2) is 26.5. The Hall–Kier alpha value is -5.56. The number of methoxy groups -OCH3 is 2. The average Bonchev–Trinajstić information content (AvgIpc) is 3.33. The van der Waals surface area contributed by atoms with Gasteiger partial charge in [0.25, 0.3) is 11.8 Å². The Morgan fingerprint density at radius 2 is 1.15 bits per heavy atom. The fourth-order valence-corrected chi connectivity index (χ4v) is 5.99. The van der Waals surface area contributed by atoms with Crippen molar-refractivity contribution in [1.29, 1.82) is 0 Å². The van der Waals surface area contributed by atoms with E-state index in [1.54, 1.807) is 0 Å². The zero-order chi connectivity index (χ0) is 44.8. The van der Waals surface area contributed by atoms with Crippen LogP contribution in [0.2, 0.25) is 0 Å². The van der Waals surface area contributed by atoms with E-state index in [2.05, 4.69) is 20.6 Å². The van der Waals surface area contributed by atoms with Crippen LogP contribution in [0.1, 0.15) is 102 Å². The highest BCUT2D eigenvalue weighted by Gasteiger charge is 2.33. The standard InChI is InChI=1S/C20H28N2O8.C19H26N2O7.C2H6/c1-5-14-7-9-27-10-15(20(25)30-12(14)2)22-19(24)17-18(29-11-28-13(3)23)16(26-4)6-8-21-17;1-5-13-7-9-26-10-14(19(24)27-11(13)2)21-18(23)16-17(28-12(3)22)15(25-4)6-8-20-16;1-2/h6,8,12,14-15H,5,7,9-11H2,1-4H3,(H,22,24);6,8,11,13-14H,5,7,9-10H2,1-4H3,(H,21,23);1-2H3/t12?,14-,15+;11?,13-,14+;/m11./s1. The number of esters is 4. The van der Waals surface area contributed by atoms with Gasteiger partial charge >= 0.3 is 23.9 Å². The van der Waals surface area contributed by atoms with Crippen molar-refractivity contribution in [3.8, 4) is 23.0 Å². The van der Waals surface area contributed by atoms with Crippen LogP contribution in [0.25, 0.3) is 0 Å². The molecule has 0 spiro atoms. The van der Waals surface area contributed by atoms with E-state index in [0.717, 1.165) is 25.7 Å². The molecule has 2 N–H and O–H groups in total. The summed E-state index contributed by atoms with van der Waals surface area (Å²) in [6.07, 6.45) is 5.35. The quantitative estimate of drug-likeness (QED) is 0.175. The maximum absolute atomic E-state index is 12.9. The number of aromatic nitrogens is 2. The third kappa shape index (κ3) is 15.6. The van der Waals surface area contributed by atoms with E-state index in [4.69, 9.17) is 42.6 Å². The maximum Gasteiger partial charge on any atom is 0.331 e. The third-order valence-corrected chi connectivity index (χ3v) is 9.31. The Morgan fingerprint density at radius 1 is 0.717 bits per heavy atom. The number of ether oxygens (including phenoxy) is 9. The van der Waals surface area contributed by atoms with Gasteiger partial charge in [0.05, 0.1) is 27.4 Å². The highest BCUT2D eigenvalue weighted by atomic mass is 16.7. The molecule has 2 fully saturated rings. The van der Waals surface area contributed by atoms with Crippen LogP contribution in [0.15, 0.2) is 24.5 Å². The van der Waals surface area contributed by atoms with Crippen molar-refractivity contribution in [2.45, 2.75) is 105 Å². The van der Waals surface area contributed by atoms with E-state index < -0.39 is 54.6 Å². The van der Waals surface area contributed by atoms with Crippen molar-refractivity contribution in [3.05, 3.63) is 35.9 Å². The second-order valence-corrected chi connectivity index (χ2v) is 13.3. The van der Waals surface area contributed by atoms with Gasteiger partial charge < -0.3 is 53.3 Å². The molecule has 2 aromatic rings. The SMILES string of the molecule is CC.CC[C@@H]1CCOC[C@H](NC(=O)c2nccc(OC)c2OC(C)=O)C(=O)OC1C.CC[C@@H]1CCOC[C@H](NC(=O)c2nccc(OC)c2OCOC(C)=O)C(=O)OC1C. The summed E-state index contributed by atoms with van der Waals surface area (Å²) in [7, 11) is 2.77. The number of amides is 2. The minimum Gasteiger partial charge on any atom is -0.493 e. The van der Waals surface area contributed by atoms with E-state index in [1.165, 1.54) is 52.6 Å². The van der Waals surface area contributed by atoms with Crippen molar-refractivity contribution >= 4 is 35.7 Å². The molecule has 19 heteroatoms. The molecule has 4 heterocycles. The second-order valence-electron chi connectivity index (χ2n) is 13.3. The first-order valence-corrected chi connectivity index (χ1v) is 19.9. The number of hydrogen-bond donors (Lipinski definition) is 2. The topological polar surface area (TPSA) is 235 Å². The van der Waals surface area contributed by atoms with E-state index in [-0.39, 0.29) is 71.6 Å².